The fraction of sp³-hybridized carbons (Fsp3) is 0.429. The Bertz CT molecular complexity index is 530. The second-order valence-electron chi connectivity index (χ2n) is 5.05. The molecule has 2 rings (SSSR count). The van der Waals surface area contributed by atoms with Crippen molar-refractivity contribution in [3.8, 4) is 0 Å². The summed E-state index contributed by atoms with van der Waals surface area (Å²) in [6.45, 7) is 1.08. The van der Waals surface area contributed by atoms with Crippen molar-refractivity contribution < 1.29 is 9.59 Å². The summed E-state index contributed by atoms with van der Waals surface area (Å²) in [5, 5.41) is 2.63. The van der Waals surface area contributed by atoms with Crippen molar-refractivity contribution in [1.29, 1.82) is 0 Å². The monoisotopic (exact) mass is 276 g/mol. The number of nitrogens with one attached hydrogen (secondary N) is 1. The van der Waals surface area contributed by atoms with Gasteiger partial charge in [-0.15, -0.1) is 0 Å². The molecule has 108 valence electrons. The second kappa shape index (κ2) is 5.81. The molecule has 1 unspecified atom stereocenters. The predicted octanol–water partition coefficient (Wildman–Crippen LogP) is 0.449. The highest BCUT2D eigenvalue weighted by molar-refractivity contribution is 6.00. The van der Waals surface area contributed by atoms with Gasteiger partial charge in [0.15, 0.2) is 0 Å². The van der Waals surface area contributed by atoms with Gasteiger partial charge in [0, 0.05) is 31.5 Å². The first-order valence-electron chi connectivity index (χ1n) is 6.68. The van der Waals surface area contributed by atoms with Gasteiger partial charge in [-0.05, 0) is 31.0 Å². The number of anilines is 2. The molecular formula is C14H20N4O2. The number of hydrogen-bond acceptors (Lipinski definition) is 4. The fourth-order valence-electron chi connectivity index (χ4n) is 2.53. The standard InChI is InChI=1S/C14H20N4O2/c1-17-13(19)9-3-2-6-18(8-9)14(20)11-5-4-10(15)7-12(11)16/h4-5,7,9H,2-3,6,8,15-16H2,1H3,(H,17,19). The SMILES string of the molecule is CNC(=O)C1CCCN(C(=O)c2ccc(N)cc2N)C1. The first-order valence-corrected chi connectivity index (χ1v) is 6.68. The number of benzene rings is 1. The molecule has 0 aromatic heterocycles. The lowest BCUT2D eigenvalue weighted by Gasteiger charge is -2.32. The van der Waals surface area contributed by atoms with Crippen molar-refractivity contribution in [3.63, 3.8) is 0 Å². The van der Waals surface area contributed by atoms with Gasteiger partial charge in [0.1, 0.15) is 0 Å². The highest BCUT2D eigenvalue weighted by atomic mass is 16.2. The maximum Gasteiger partial charge on any atom is 0.255 e. The molecule has 1 saturated heterocycles. The van der Waals surface area contributed by atoms with Gasteiger partial charge in [-0.25, -0.2) is 0 Å². The molecule has 0 radical (unpaired) electrons. The molecule has 1 fully saturated rings. The lowest BCUT2D eigenvalue weighted by molar-refractivity contribution is -0.125. The van der Waals surface area contributed by atoms with Crippen LogP contribution < -0.4 is 16.8 Å². The van der Waals surface area contributed by atoms with E-state index in [4.69, 9.17) is 11.5 Å². The minimum atomic E-state index is -0.146. The van der Waals surface area contributed by atoms with Crippen LogP contribution in [0.15, 0.2) is 18.2 Å². The number of likely N-dealkylation sites (tertiary alicyclic amines) is 1. The molecule has 20 heavy (non-hydrogen) atoms. The van der Waals surface area contributed by atoms with Gasteiger partial charge < -0.3 is 21.7 Å². The Morgan fingerprint density at radius 1 is 1.35 bits per heavy atom. The number of amides is 2. The van der Waals surface area contributed by atoms with Gasteiger partial charge in [-0.3, -0.25) is 9.59 Å². The Hall–Kier alpha value is -2.24. The fourth-order valence-corrected chi connectivity index (χ4v) is 2.53. The van der Waals surface area contributed by atoms with E-state index in [1.165, 1.54) is 0 Å². The van der Waals surface area contributed by atoms with E-state index in [9.17, 15) is 9.59 Å². The Morgan fingerprint density at radius 3 is 2.75 bits per heavy atom. The smallest absolute Gasteiger partial charge is 0.255 e. The zero-order valence-corrected chi connectivity index (χ0v) is 11.6. The molecule has 1 aliphatic heterocycles. The molecule has 0 saturated carbocycles. The third kappa shape index (κ3) is 2.84. The van der Waals surface area contributed by atoms with E-state index in [1.54, 1.807) is 30.1 Å². The van der Waals surface area contributed by atoms with Gasteiger partial charge in [0.25, 0.3) is 5.91 Å². The highest BCUT2D eigenvalue weighted by Gasteiger charge is 2.28. The van der Waals surface area contributed by atoms with Gasteiger partial charge in [-0.2, -0.15) is 0 Å². The lowest BCUT2D eigenvalue weighted by atomic mass is 9.96. The molecule has 0 spiro atoms. The number of nitrogens with two attached hydrogens (primary N) is 2. The first kappa shape index (κ1) is 14.2. The molecule has 1 aromatic rings. The minimum absolute atomic E-state index is 0.0206. The lowest BCUT2D eigenvalue weighted by Crippen LogP contribution is -2.45. The van der Waals surface area contributed by atoms with E-state index < -0.39 is 0 Å². The van der Waals surface area contributed by atoms with Crippen LogP contribution in [0, 0.1) is 5.92 Å². The van der Waals surface area contributed by atoms with Gasteiger partial charge in [0.05, 0.1) is 11.5 Å². The molecule has 6 heteroatoms. The quantitative estimate of drug-likeness (QED) is 0.682. The summed E-state index contributed by atoms with van der Waals surface area (Å²) in [7, 11) is 1.61. The third-order valence-corrected chi connectivity index (χ3v) is 3.63. The predicted molar refractivity (Wildman–Crippen MR) is 78.0 cm³/mol. The molecule has 0 bridgehead atoms. The molecule has 6 nitrogen and oxygen atoms in total. The van der Waals surface area contributed by atoms with Crippen LogP contribution in [0.25, 0.3) is 0 Å². The van der Waals surface area contributed by atoms with E-state index in [2.05, 4.69) is 5.32 Å². The maximum absolute atomic E-state index is 12.5. The van der Waals surface area contributed by atoms with Crippen molar-refractivity contribution in [2.45, 2.75) is 12.8 Å². The molecule has 1 atom stereocenters. The minimum Gasteiger partial charge on any atom is -0.399 e. The van der Waals surface area contributed by atoms with E-state index in [-0.39, 0.29) is 17.7 Å². The number of rotatable bonds is 2. The Morgan fingerprint density at radius 2 is 2.10 bits per heavy atom. The maximum atomic E-state index is 12.5. The van der Waals surface area contributed by atoms with Crippen molar-refractivity contribution in [2.75, 3.05) is 31.6 Å². The number of piperidine rings is 1. The number of nitrogens with zero attached hydrogens (tertiary/aromatic N) is 1. The average Bonchev–Trinajstić information content (AvgIpc) is 2.46. The largest absolute Gasteiger partial charge is 0.399 e. The molecule has 5 N–H and O–H groups in total. The number of carbonyl (C=O) groups excluding carboxylic acids is 2. The summed E-state index contributed by atoms with van der Waals surface area (Å²) < 4.78 is 0. The van der Waals surface area contributed by atoms with Crippen molar-refractivity contribution in [3.05, 3.63) is 23.8 Å². The van der Waals surface area contributed by atoms with Gasteiger partial charge in [0.2, 0.25) is 5.91 Å². The normalized spacial score (nSPS) is 18.6. The molecule has 2 amide bonds. The van der Waals surface area contributed by atoms with E-state index in [1.807, 2.05) is 0 Å². The van der Waals surface area contributed by atoms with Crippen molar-refractivity contribution in [2.24, 2.45) is 5.92 Å². The average molecular weight is 276 g/mol. The third-order valence-electron chi connectivity index (χ3n) is 3.63. The highest BCUT2D eigenvalue weighted by Crippen LogP contribution is 2.22. The van der Waals surface area contributed by atoms with Crippen LogP contribution >= 0.6 is 0 Å². The zero-order chi connectivity index (χ0) is 14.7. The van der Waals surface area contributed by atoms with E-state index >= 15 is 0 Å². The van der Waals surface area contributed by atoms with Crippen molar-refractivity contribution in [1.82, 2.24) is 10.2 Å². The van der Waals surface area contributed by atoms with Crippen LogP contribution in [0.5, 0.6) is 0 Å². The van der Waals surface area contributed by atoms with Crippen LogP contribution in [-0.4, -0.2) is 36.9 Å². The molecule has 1 heterocycles. The summed E-state index contributed by atoms with van der Waals surface area (Å²) in [5.41, 5.74) is 12.8. The van der Waals surface area contributed by atoms with Crippen molar-refractivity contribution >= 4 is 23.2 Å². The molecule has 1 aliphatic rings. The van der Waals surface area contributed by atoms with Crippen LogP contribution in [0.1, 0.15) is 23.2 Å². The Kier molecular flexibility index (Phi) is 4.12. The topological polar surface area (TPSA) is 101 Å². The van der Waals surface area contributed by atoms with Gasteiger partial charge >= 0.3 is 0 Å². The summed E-state index contributed by atoms with van der Waals surface area (Å²) >= 11 is 0. The van der Waals surface area contributed by atoms with Crippen LogP contribution in [-0.2, 0) is 4.79 Å². The molecule has 0 aliphatic carbocycles. The summed E-state index contributed by atoms with van der Waals surface area (Å²) in [4.78, 5) is 25.8. The molecule has 1 aromatic carbocycles. The summed E-state index contributed by atoms with van der Waals surface area (Å²) in [6, 6.07) is 4.87. The number of carbonyl (C=O) groups is 2. The zero-order valence-electron chi connectivity index (χ0n) is 11.6. The first-order chi connectivity index (χ1) is 9.52. The van der Waals surface area contributed by atoms with E-state index in [0.29, 0.717) is 30.0 Å². The Balaban J connectivity index is 2.14. The Labute approximate surface area is 118 Å². The van der Waals surface area contributed by atoms with Crippen LogP contribution in [0.4, 0.5) is 11.4 Å². The molecular weight excluding hydrogens is 256 g/mol. The van der Waals surface area contributed by atoms with E-state index in [0.717, 1.165) is 12.8 Å². The number of nitrogen functional groups attached to an aromatic ring is 2. The second-order valence-corrected chi connectivity index (χ2v) is 5.05. The van der Waals surface area contributed by atoms with Crippen LogP contribution in [0.2, 0.25) is 0 Å². The number of hydrogen-bond donors (Lipinski definition) is 3. The summed E-state index contributed by atoms with van der Waals surface area (Å²) in [5.74, 6) is -0.309. The van der Waals surface area contributed by atoms with Crippen LogP contribution in [0.3, 0.4) is 0 Å². The van der Waals surface area contributed by atoms with Gasteiger partial charge in [-0.1, -0.05) is 0 Å². The summed E-state index contributed by atoms with van der Waals surface area (Å²) in [6.07, 6.45) is 1.62.